The highest BCUT2D eigenvalue weighted by molar-refractivity contribution is 8.03. The van der Waals surface area contributed by atoms with Gasteiger partial charge in [-0.25, -0.2) is 0 Å². The van der Waals surface area contributed by atoms with Crippen molar-refractivity contribution in [1.82, 2.24) is 10.2 Å². The van der Waals surface area contributed by atoms with E-state index < -0.39 is 0 Å². The smallest absolute Gasteiger partial charge is 0.175 e. The number of thioether (sulfide) groups is 2. The minimum Gasteiger partial charge on any atom is -0.293 e. The lowest BCUT2D eigenvalue weighted by molar-refractivity contribution is 0.102. The molecule has 0 radical (unpaired) electrons. The van der Waals surface area contributed by atoms with Crippen molar-refractivity contribution in [3.05, 3.63) is 33.9 Å². The second-order valence-corrected chi connectivity index (χ2v) is 8.12. The van der Waals surface area contributed by atoms with E-state index in [0.717, 1.165) is 19.8 Å². The summed E-state index contributed by atoms with van der Waals surface area (Å²) in [6.45, 7) is 8.26. The topological polar surface area (TPSA) is 42.9 Å². The number of carbonyl (C=O) groups excluding carboxylic acids is 1. The van der Waals surface area contributed by atoms with Crippen LogP contribution in [0.25, 0.3) is 0 Å². The quantitative estimate of drug-likeness (QED) is 0.594. The van der Waals surface area contributed by atoms with Gasteiger partial charge in [0.15, 0.2) is 14.5 Å². The molecule has 0 aliphatic carbocycles. The Labute approximate surface area is 137 Å². The zero-order chi connectivity index (χ0) is 15.6. The molecule has 0 saturated carbocycles. The molecule has 0 aliphatic heterocycles. The Hall–Kier alpha value is -0.850. The molecule has 112 valence electrons. The van der Waals surface area contributed by atoms with Crippen LogP contribution in [-0.2, 0) is 0 Å². The molecule has 0 spiro atoms. The first-order valence-electron chi connectivity index (χ1n) is 6.55. The SMILES string of the molecule is CSc1nnc(SCC(=O)c2cc(C)c(C)c(C)c2C)s1. The first-order valence-corrected chi connectivity index (χ1v) is 9.57. The van der Waals surface area contributed by atoms with E-state index in [-0.39, 0.29) is 5.78 Å². The predicted molar refractivity (Wildman–Crippen MR) is 92.1 cm³/mol. The number of carbonyl (C=O) groups is 1. The number of hydrogen-bond acceptors (Lipinski definition) is 6. The van der Waals surface area contributed by atoms with Crippen molar-refractivity contribution in [2.75, 3.05) is 12.0 Å². The summed E-state index contributed by atoms with van der Waals surface area (Å²) in [6.07, 6.45) is 1.97. The van der Waals surface area contributed by atoms with Crippen LogP contribution in [0.15, 0.2) is 14.7 Å². The highest BCUT2D eigenvalue weighted by Gasteiger charge is 2.15. The fourth-order valence-corrected chi connectivity index (χ4v) is 4.37. The molecule has 0 fully saturated rings. The highest BCUT2D eigenvalue weighted by Crippen LogP contribution is 2.29. The number of aryl methyl sites for hydroxylation is 1. The van der Waals surface area contributed by atoms with Crippen LogP contribution in [0.5, 0.6) is 0 Å². The molecule has 6 heteroatoms. The number of nitrogens with zero attached hydrogens (tertiary/aromatic N) is 2. The van der Waals surface area contributed by atoms with Crippen LogP contribution >= 0.6 is 34.9 Å². The van der Waals surface area contributed by atoms with Gasteiger partial charge in [0.1, 0.15) is 0 Å². The van der Waals surface area contributed by atoms with E-state index in [1.807, 2.05) is 19.2 Å². The normalized spacial score (nSPS) is 10.9. The number of benzene rings is 1. The van der Waals surface area contributed by atoms with Crippen LogP contribution in [0.1, 0.15) is 32.6 Å². The lowest BCUT2D eigenvalue weighted by atomic mass is 9.93. The largest absolute Gasteiger partial charge is 0.293 e. The standard InChI is InChI=1S/C15H18N2OS3/c1-8-6-12(11(4)10(3)9(8)2)13(18)7-20-15-17-16-14(19-5)21-15/h6H,7H2,1-5H3. The van der Waals surface area contributed by atoms with Gasteiger partial charge in [-0.3, -0.25) is 4.79 Å². The van der Waals surface area contributed by atoms with Gasteiger partial charge >= 0.3 is 0 Å². The molecule has 1 aromatic carbocycles. The van der Waals surface area contributed by atoms with Crippen LogP contribution < -0.4 is 0 Å². The van der Waals surface area contributed by atoms with Gasteiger partial charge in [0.2, 0.25) is 0 Å². The Kier molecular flexibility index (Phi) is 5.46. The summed E-state index contributed by atoms with van der Waals surface area (Å²) >= 11 is 4.58. The van der Waals surface area contributed by atoms with Gasteiger partial charge in [-0.2, -0.15) is 0 Å². The van der Waals surface area contributed by atoms with Crippen LogP contribution in [0.2, 0.25) is 0 Å². The van der Waals surface area contributed by atoms with Gasteiger partial charge in [0.25, 0.3) is 0 Å². The first kappa shape index (κ1) is 16.5. The molecule has 2 rings (SSSR count). The Bertz CT molecular complexity index is 680. The summed E-state index contributed by atoms with van der Waals surface area (Å²) in [5.41, 5.74) is 5.57. The highest BCUT2D eigenvalue weighted by atomic mass is 32.2. The second kappa shape index (κ2) is 6.94. The van der Waals surface area contributed by atoms with Crippen molar-refractivity contribution in [3.63, 3.8) is 0 Å². The van der Waals surface area contributed by atoms with Gasteiger partial charge in [0, 0.05) is 5.56 Å². The van der Waals surface area contributed by atoms with Gasteiger partial charge in [-0.05, 0) is 62.3 Å². The summed E-state index contributed by atoms with van der Waals surface area (Å²) < 4.78 is 1.79. The molecule has 0 atom stereocenters. The van der Waals surface area contributed by atoms with Crippen LogP contribution in [0, 0.1) is 27.7 Å². The molecule has 21 heavy (non-hydrogen) atoms. The molecule has 0 bridgehead atoms. The minimum atomic E-state index is 0.157. The number of rotatable bonds is 5. The van der Waals surface area contributed by atoms with Crippen LogP contribution in [0.3, 0.4) is 0 Å². The number of ketones is 1. The number of hydrogen-bond donors (Lipinski definition) is 0. The fourth-order valence-electron chi connectivity index (χ4n) is 2.04. The molecule has 0 N–H and O–H groups in total. The lowest BCUT2D eigenvalue weighted by Gasteiger charge is -2.13. The molecule has 0 saturated heterocycles. The maximum atomic E-state index is 12.5. The molecule has 3 nitrogen and oxygen atoms in total. The summed E-state index contributed by atoms with van der Waals surface area (Å²) in [5.74, 6) is 0.566. The average Bonchev–Trinajstić information content (AvgIpc) is 2.94. The van der Waals surface area contributed by atoms with Crippen LogP contribution in [0.4, 0.5) is 0 Å². The number of aromatic nitrogens is 2. The van der Waals surface area contributed by atoms with Crippen LogP contribution in [-0.4, -0.2) is 28.0 Å². The fraction of sp³-hybridized carbons (Fsp3) is 0.400. The van der Waals surface area contributed by atoms with E-state index in [1.165, 1.54) is 39.8 Å². The third-order valence-corrected chi connectivity index (χ3v) is 6.70. The zero-order valence-electron chi connectivity index (χ0n) is 12.8. The van der Waals surface area contributed by atoms with E-state index in [4.69, 9.17) is 0 Å². The van der Waals surface area contributed by atoms with Gasteiger partial charge in [-0.1, -0.05) is 34.9 Å². The first-order chi connectivity index (χ1) is 9.93. The molecular formula is C15H18N2OS3. The Morgan fingerprint density at radius 1 is 1.10 bits per heavy atom. The van der Waals surface area contributed by atoms with Gasteiger partial charge in [-0.15, -0.1) is 10.2 Å². The van der Waals surface area contributed by atoms with Crippen molar-refractivity contribution in [2.24, 2.45) is 0 Å². The van der Waals surface area contributed by atoms with Crippen molar-refractivity contribution in [2.45, 2.75) is 36.4 Å². The maximum Gasteiger partial charge on any atom is 0.175 e. The molecule has 1 aromatic heterocycles. The summed E-state index contributed by atoms with van der Waals surface area (Å²) in [7, 11) is 0. The molecular weight excluding hydrogens is 320 g/mol. The monoisotopic (exact) mass is 338 g/mol. The summed E-state index contributed by atoms with van der Waals surface area (Å²) in [6, 6.07) is 2.01. The van der Waals surface area contributed by atoms with E-state index in [2.05, 4.69) is 31.0 Å². The van der Waals surface area contributed by atoms with Crippen molar-refractivity contribution >= 4 is 40.6 Å². The molecule has 0 amide bonds. The van der Waals surface area contributed by atoms with E-state index >= 15 is 0 Å². The van der Waals surface area contributed by atoms with Crippen molar-refractivity contribution < 1.29 is 4.79 Å². The Morgan fingerprint density at radius 2 is 1.76 bits per heavy atom. The second-order valence-electron chi connectivity index (χ2n) is 4.87. The third-order valence-electron chi connectivity index (χ3n) is 3.67. The van der Waals surface area contributed by atoms with Crippen molar-refractivity contribution in [3.8, 4) is 0 Å². The zero-order valence-corrected chi connectivity index (χ0v) is 15.3. The summed E-state index contributed by atoms with van der Waals surface area (Å²) in [4.78, 5) is 12.5. The molecule has 2 aromatic rings. The Morgan fingerprint density at radius 3 is 2.38 bits per heavy atom. The minimum absolute atomic E-state index is 0.157. The van der Waals surface area contributed by atoms with E-state index in [9.17, 15) is 4.79 Å². The molecule has 0 unspecified atom stereocenters. The number of Topliss-reactive ketones (excluding diaryl/α,β-unsaturated/α-hetero) is 1. The van der Waals surface area contributed by atoms with Gasteiger partial charge < -0.3 is 0 Å². The third kappa shape index (κ3) is 3.67. The van der Waals surface area contributed by atoms with E-state index in [1.54, 1.807) is 11.8 Å². The lowest BCUT2D eigenvalue weighted by Crippen LogP contribution is -2.08. The average molecular weight is 339 g/mol. The maximum absolute atomic E-state index is 12.5. The predicted octanol–water partition coefficient (Wildman–Crippen LogP) is 4.47. The van der Waals surface area contributed by atoms with Gasteiger partial charge in [0.05, 0.1) is 5.75 Å². The van der Waals surface area contributed by atoms with E-state index in [0.29, 0.717) is 5.75 Å². The summed E-state index contributed by atoms with van der Waals surface area (Å²) in [5, 5.41) is 8.12. The Balaban J connectivity index is 2.14. The molecule has 0 aliphatic rings. The molecule has 1 heterocycles. The van der Waals surface area contributed by atoms with Crippen molar-refractivity contribution in [1.29, 1.82) is 0 Å².